The Balaban J connectivity index is 1.12. The molecular formula is C43H37NS. The SMILES string of the molecule is CC1(C)C2=C(c3ccc(N(C4=CC=C(c5cccc6c5sc5ccccc56)CC4)C4C=CC=CC4)cc31)C1C=CC=CC1C=C2. The maximum atomic E-state index is 2.63. The topological polar surface area (TPSA) is 3.24 Å². The molecular weight excluding hydrogens is 563 g/mol. The van der Waals surface area contributed by atoms with Crippen LogP contribution in [0.3, 0.4) is 0 Å². The number of thiophene rings is 1. The van der Waals surface area contributed by atoms with Gasteiger partial charge in [-0.3, -0.25) is 0 Å². The first-order valence-corrected chi connectivity index (χ1v) is 17.3. The second kappa shape index (κ2) is 10.3. The maximum absolute atomic E-state index is 2.63. The lowest BCUT2D eigenvalue weighted by atomic mass is 9.73. The minimum Gasteiger partial charge on any atom is -0.338 e. The molecule has 0 N–H and O–H groups in total. The first-order valence-electron chi connectivity index (χ1n) is 16.4. The minimum atomic E-state index is -0.0257. The number of hydrogen-bond donors (Lipinski definition) is 0. The molecule has 0 aliphatic heterocycles. The van der Waals surface area contributed by atoms with E-state index in [1.807, 2.05) is 11.3 Å². The highest BCUT2D eigenvalue weighted by atomic mass is 32.1. The highest BCUT2D eigenvalue weighted by Gasteiger charge is 2.42. The van der Waals surface area contributed by atoms with E-state index in [-0.39, 0.29) is 5.41 Å². The second-order valence-corrected chi connectivity index (χ2v) is 14.6. The van der Waals surface area contributed by atoms with Gasteiger partial charge in [-0.15, -0.1) is 11.3 Å². The van der Waals surface area contributed by atoms with Crippen LogP contribution in [0.15, 0.2) is 145 Å². The zero-order valence-corrected chi connectivity index (χ0v) is 26.7. The summed E-state index contributed by atoms with van der Waals surface area (Å²) < 4.78 is 2.78. The van der Waals surface area contributed by atoms with E-state index >= 15 is 0 Å². The Hall–Kier alpha value is -4.40. The Bertz CT molecular complexity index is 2130. The summed E-state index contributed by atoms with van der Waals surface area (Å²) in [5.41, 5.74) is 11.4. The lowest BCUT2D eigenvalue weighted by molar-refractivity contribution is 0.627. The Morgan fingerprint density at radius 1 is 0.778 bits per heavy atom. The van der Waals surface area contributed by atoms with E-state index in [0.29, 0.717) is 17.9 Å². The van der Waals surface area contributed by atoms with Gasteiger partial charge < -0.3 is 4.90 Å². The van der Waals surface area contributed by atoms with Gasteiger partial charge in [-0.25, -0.2) is 0 Å². The summed E-state index contributed by atoms with van der Waals surface area (Å²) in [4.78, 5) is 2.63. The molecule has 45 heavy (non-hydrogen) atoms. The van der Waals surface area contributed by atoms with Gasteiger partial charge >= 0.3 is 0 Å². The highest BCUT2D eigenvalue weighted by molar-refractivity contribution is 7.26. The number of hydrogen-bond acceptors (Lipinski definition) is 2. The fourth-order valence-electron chi connectivity index (χ4n) is 8.40. The predicted octanol–water partition coefficient (Wildman–Crippen LogP) is 11.5. The lowest BCUT2D eigenvalue weighted by Crippen LogP contribution is -2.34. The molecule has 0 fully saturated rings. The highest BCUT2D eigenvalue weighted by Crippen LogP contribution is 2.55. The zero-order chi connectivity index (χ0) is 30.1. The molecule has 0 saturated heterocycles. The van der Waals surface area contributed by atoms with Crippen LogP contribution in [0.1, 0.15) is 49.8 Å². The molecule has 4 aromatic rings. The van der Waals surface area contributed by atoms with Crippen LogP contribution in [0.2, 0.25) is 0 Å². The van der Waals surface area contributed by atoms with E-state index < -0.39 is 0 Å². The van der Waals surface area contributed by atoms with Crippen LogP contribution >= 0.6 is 11.3 Å². The molecule has 5 aliphatic carbocycles. The van der Waals surface area contributed by atoms with Gasteiger partial charge in [0.2, 0.25) is 0 Å². The number of fused-ring (bicyclic) bond motifs is 7. The molecule has 1 aromatic heterocycles. The van der Waals surface area contributed by atoms with Gasteiger partial charge in [-0.2, -0.15) is 0 Å². The van der Waals surface area contributed by atoms with Crippen molar-refractivity contribution in [2.75, 3.05) is 4.90 Å². The number of nitrogens with zero attached hydrogens (tertiary/aromatic N) is 1. The van der Waals surface area contributed by atoms with E-state index in [1.54, 1.807) is 0 Å². The lowest BCUT2D eigenvalue weighted by Gasteiger charge is -2.36. The van der Waals surface area contributed by atoms with Gasteiger partial charge in [0.1, 0.15) is 0 Å². The quantitative estimate of drug-likeness (QED) is 0.226. The number of allylic oxidation sites excluding steroid dienone is 14. The molecule has 0 amide bonds. The van der Waals surface area contributed by atoms with Crippen LogP contribution in [0, 0.1) is 11.8 Å². The molecule has 3 aromatic carbocycles. The largest absolute Gasteiger partial charge is 0.338 e. The standard InChI is InChI=1S/C43H37NS/c1-43(2)38-26-21-28-11-6-7-14-33(28)41(38)37-25-24-32(27-39(37)43)44(30-12-4-3-5-13-30)31-22-19-29(20-23-31)34-16-10-17-36-35-15-8-9-18-40(35)45-42(34)36/h3-12,14-19,21-22,24-28,30,33H,13,20,23H2,1-2H3. The van der Waals surface area contributed by atoms with Crippen LogP contribution in [-0.2, 0) is 5.41 Å². The summed E-state index contributed by atoms with van der Waals surface area (Å²) in [7, 11) is 0. The van der Waals surface area contributed by atoms with Gasteiger partial charge in [0.15, 0.2) is 0 Å². The van der Waals surface area contributed by atoms with Gasteiger partial charge in [-0.05, 0) is 76.9 Å². The van der Waals surface area contributed by atoms with Crippen molar-refractivity contribution in [1.82, 2.24) is 0 Å². The van der Waals surface area contributed by atoms with Crippen molar-refractivity contribution >= 4 is 48.3 Å². The molecule has 5 aliphatic rings. The van der Waals surface area contributed by atoms with Crippen molar-refractivity contribution in [3.63, 3.8) is 0 Å². The minimum absolute atomic E-state index is 0.0257. The zero-order valence-electron chi connectivity index (χ0n) is 25.9. The molecule has 3 atom stereocenters. The van der Waals surface area contributed by atoms with Gasteiger partial charge in [0.25, 0.3) is 0 Å². The van der Waals surface area contributed by atoms with Crippen LogP contribution in [-0.4, -0.2) is 6.04 Å². The Morgan fingerprint density at radius 3 is 2.51 bits per heavy atom. The monoisotopic (exact) mass is 599 g/mol. The Labute approximate surface area is 270 Å². The molecule has 0 spiro atoms. The average Bonchev–Trinajstić information content (AvgIpc) is 3.58. The third kappa shape index (κ3) is 4.19. The van der Waals surface area contributed by atoms with E-state index in [2.05, 4.69) is 152 Å². The average molecular weight is 600 g/mol. The Kier molecular flexibility index (Phi) is 6.18. The molecule has 9 rings (SSSR count). The molecule has 2 heteroatoms. The van der Waals surface area contributed by atoms with Crippen LogP contribution in [0.5, 0.6) is 0 Å². The van der Waals surface area contributed by atoms with E-state index in [0.717, 1.165) is 19.3 Å². The molecule has 220 valence electrons. The summed E-state index contributed by atoms with van der Waals surface area (Å²) in [5, 5.41) is 2.75. The van der Waals surface area contributed by atoms with Crippen LogP contribution < -0.4 is 4.90 Å². The van der Waals surface area contributed by atoms with E-state index in [9.17, 15) is 0 Å². The fraction of sp³-hybridized carbons (Fsp3) is 0.209. The number of rotatable bonds is 4. The second-order valence-electron chi connectivity index (χ2n) is 13.5. The molecule has 0 bridgehead atoms. The van der Waals surface area contributed by atoms with Crippen LogP contribution in [0.25, 0.3) is 31.3 Å². The van der Waals surface area contributed by atoms with Gasteiger partial charge in [0.05, 0.1) is 6.04 Å². The molecule has 1 heterocycles. The predicted molar refractivity (Wildman–Crippen MR) is 195 cm³/mol. The smallest absolute Gasteiger partial charge is 0.0556 e. The summed E-state index contributed by atoms with van der Waals surface area (Å²) in [6, 6.07) is 23.3. The molecule has 0 radical (unpaired) electrons. The third-order valence-electron chi connectivity index (χ3n) is 10.7. The van der Waals surface area contributed by atoms with Gasteiger partial charge in [0, 0.05) is 48.8 Å². The van der Waals surface area contributed by atoms with Crippen molar-refractivity contribution in [2.24, 2.45) is 11.8 Å². The van der Waals surface area contributed by atoms with Crippen molar-refractivity contribution in [2.45, 2.75) is 44.6 Å². The summed E-state index contributed by atoms with van der Waals surface area (Å²) >= 11 is 1.93. The Morgan fingerprint density at radius 2 is 1.64 bits per heavy atom. The van der Waals surface area contributed by atoms with Crippen molar-refractivity contribution < 1.29 is 0 Å². The van der Waals surface area contributed by atoms with E-state index in [4.69, 9.17) is 0 Å². The molecule has 3 unspecified atom stereocenters. The normalized spacial score (nSPS) is 24.1. The summed E-state index contributed by atoms with van der Waals surface area (Å²) in [5.74, 6) is 0.886. The van der Waals surface area contributed by atoms with Crippen LogP contribution in [0.4, 0.5) is 5.69 Å². The van der Waals surface area contributed by atoms with Crippen molar-refractivity contribution in [3.05, 3.63) is 162 Å². The van der Waals surface area contributed by atoms with Crippen molar-refractivity contribution in [3.8, 4) is 0 Å². The van der Waals surface area contributed by atoms with Gasteiger partial charge in [-0.1, -0.05) is 123 Å². The molecule has 1 nitrogen and oxygen atoms in total. The number of benzene rings is 3. The van der Waals surface area contributed by atoms with E-state index in [1.165, 1.54) is 65.0 Å². The van der Waals surface area contributed by atoms with Crippen molar-refractivity contribution in [1.29, 1.82) is 0 Å². The first kappa shape index (κ1) is 27.0. The third-order valence-corrected chi connectivity index (χ3v) is 11.9. The summed E-state index contributed by atoms with van der Waals surface area (Å²) in [6.07, 6.45) is 31.0. The molecule has 0 saturated carbocycles. The summed E-state index contributed by atoms with van der Waals surface area (Å²) in [6.45, 7) is 4.84. The first-order chi connectivity index (χ1) is 22.1. The number of anilines is 1. The maximum Gasteiger partial charge on any atom is 0.0556 e. The fourth-order valence-corrected chi connectivity index (χ4v) is 9.65.